The van der Waals surface area contributed by atoms with Crippen LogP contribution in [0.5, 0.6) is 0 Å². The van der Waals surface area contributed by atoms with E-state index in [1.165, 1.54) is 0 Å². The lowest BCUT2D eigenvalue weighted by molar-refractivity contribution is -0.223. The Labute approximate surface area is 116 Å². The minimum absolute atomic E-state index is 0.0113. The predicted octanol–water partition coefficient (Wildman–Crippen LogP) is 1.16. The first kappa shape index (κ1) is 16.0. The van der Waals surface area contributed by atoms with Crippen molar-refractivity contribution < 1.29 is 28.1 Å². The van der Waals surface area contributed by atoms with Crippen LogP contribution < -0.4 is 0 Å². The van der Waals surface area contributed by atoms with Crippen LogP contribution in [0.4, 0.5) is 13.2 Å². The topological polar surface area (TPSA) is 52.9 Å². The van der Waals surface area contributed by atoms with E-state index < -0.39 is 24.9 Å². The molecule has 1 spiro atoms. The molecular weight excluding hydrogens is 275 g/mol. The van der Waals surface area contributed by atoms with E-state index in [-0.39, 0.29) is 11.5 Å². The van der Waals surface area contributed by atoms with Gasteiger partial charge < -0.3 is 19.8 Å². The standard InChI is InChI=1S/C13H22F3NO3/c1-2-20-11-7-9(18)12(11)3-5-17(6-4-12)8-10(19)13(14,15)16/h9-11,18-19H,2-8H2,1H3. The summed E-state index contributed by atoms with van der Waals surface area (Å²) in [6.45, 7) is 2.99. The summed E-state index contributed by atoms with van der Waals surface area (Å²) in [6, 6.07) is 0. The zero-order valence-corrected chi connectivity index (χ0v) is 11.6. The maximum Gasteiger partial charge on any atom is 0.415 e. The van der Waals surface area contributed by atoms with Gasteiger partial charge in [0.2, 0.25) is 0 Å². The van der Waals surface area contributed by atoms with E-state index >= 15 is 0 Å². The molecule has 2 aliphatic rings. The first-order valence-corrected chi connectivity index (χ1v) is 7.06. The number of aliphatic hydroxyl groups excluding tert-OH is 2. The third-order valence-electron chi connectivity index (χ3n) is 4.71. The van der Waals surface area contributed by atoms with Gasteiger partial charge in [0.1, 0.15) is 0 Å². The number of nitrogens with zero attached hydrogens (tertiary/aromatic N) is 1. The number of rotatable bonds is 4. The minimum Gasteiger partial charge on any atom is -0.392 e. The molecule has 2 N–H and O–H groups in total. The normalized spacial score (nSPS) is 32.1. The molecule has 118 valence electrons. The average Bonchev–Trinajstić information content (AvgIpc) is 2.38. The van der Waals surface area contributed by atoms with Gasteiger partial charge in [-0.25, -0.2) is 0 Å². The molecule has 0 radical (unpaired) electrons. The van der Waals surface area contributed by atoms with Gasteiger partial charge in [0.15, 0.2) is 6.10 Å². The van der Waals surface area contributed by atoms with Crippen LogP contribution in [0.25, 0.3) is 0 Å². The van der Waals surface area contributed by atoms with E-state index in [0.717, 1.165) is 0 Å². The zero-order valence-electron chi connectivity index (χ0n) is 11.6. The maximum absolute atomic E-state index is 12.3. The average molecular weight is 297 g/mol. The van der Waals surface area contributed by atoms with Gasteiger partial charge in [-0.15, -0.1) is 0 Å². The van der Waals surface area contributed by atoms with Crippen molar-refractivity contribution >= 4 is 0 Å². The van der Waals surface area contributed by atoms with E-state index in [0.29, 0.717) is 39.0 Å². The molecule has 1 saturated carbocycles. The molecule has 2 fully saturated rings. The number of hydrogen-bond acceptors (Lipinski definition) is 4. The molecule has 7 heteroatoms. The molecule has 0 bridgehead atoms. The summed E-state index contributed by atoms with van der Waals surface area (Å²) in [6.07, 6.45) is -5.44. The second kappa shape index (κ2) is 5.79. The number of likely N-dealkylation sites (tertiary alicyclic amines) is 1. The van der Waals surface area contributed by atoms with Crippen LogP contribution in [0.1, 0.15) is 26.2 Å². The molecule has 2 rings (SSSR count). The minimum atomic E-state index is -4.57. The van der Waals surface area contributed by atoms with Gasteiger partial charge in [0, 0.05) is 25.0 Å². The largest absolute Gasteiger partial charge is 0.415 e. The van der Waals surface area contributed by atoms with Crippen molar-refractivity contribution in [3.05, 3.63) is 0 Å². The second-order valence-electron chi connectivity index (χ2n) is 5.79. The Morgan fingerprint density at radius 2 is 1.95 bits per heavy atom. The Kier molecular flexibility index (Phi) is 4.63. The quantitative estimate of drug-likeness (QED) is 0.818. The lowest BCUT2D eigenvalue weighted by Gasteiger charge is -2.56. The summed E-state index contributed by atoms with van der Waals surface area (Å²) >= 11 is 0. The lowest BCUT2D eigenvalue weighted by atomic mass is 9.58. The van der Waals surface area contributed by atoms with Crippen LogP contribution in [-0.2, 0) is 4.74 Å². The molecular formula is C13H22F3NO3. The number of piperidine rings is 1. The van der Waals surface area contributed by atoms with Crippen molar-refractivity contribution in [3.8, 4) is 0 Å². The smallest absolute Gasteiger partial charge is 0.392 e. The first-order chi connectivity index (χ1) is 9.29. The van der Waals surface area contributed by atoms with E-state index in [4.69, 9.17) is 9.84 Å². The maximum atomic E-state index is 12.3. The molecule has 0 amide bonds. The summed E-state index contributed by atoms with van der Waals surface area (Å²) < 4.78 is 42.6. The molecule has 1 aliphatic carbocycles. The Hall–Kier alpha value is -0.370. The van der Waals surface area contributed by atoms with Crippen LogP contribution in [0, 0.1) is 5.41 Å². The van der Waals surface area contributed by atoms with Crippen molar-refractivity contribution in [1.29, 1.82) is 0 Å². The summed E-state index contributed by atoms with van der Waals surface area (Å²) in [5, 5.41) is 19.1. The SMILES string of the molecule is CCOC1CC(O)C12CCN(CC(O)C(F)(F)F)CC2. The van der Waals surface area contributed by atoms with Crippen LogP contribution in [-0.4, -0.2) is 65.8 Å². The summed E-state index contributed by atoms with van der Waals surface area (Å²) in [5.41, 5.74) is -0.296. The fraction of sp³-hybridized carbons (Fsp3) is 1.00. The Morgan fingerprint density at radius 3 is 2.40 bits per heavy atom. The predicted molar refractivity (Wildman–Crippen MR) is 66.2 cm³/mol. The van der Waals surface area contributed by atoms with E-state index in [1.54, 1.807) is 4.90 Å². The molecule has 1 aliphatic heterocycles. The van der Waals surface area contributed by atoms with Gasteiger partial charge >= 0.3 is 6.18 Å². The third kappa shape index (κ3) is 2.95. The summed E-state index contributed by atoms with van der Waals surface area (Å²) in [5.74, 6) is 0. The van der Waals surface area contributed by atoms with Crippen molar-refractivity contribution in [1.82, 2.24) is 4.90 Å². The number of aliphatic hydroxyl groups is 2. The van der Waals surface area contributed by atoms with Crippen LogP contribution in [0.15, 0.2) is 0 Å². The fourth-order valence-electron chi connectivity index (χ4n) is 3.32. The van der Waals surface area contributed by atoms with Crippen molar-refractivity contribution in [2.75, 3.05) is 26.2 Å². The van der Waals surface area contributed by atoms with Crippen molar-refractivity contribution in [3.63, 3.8) is 0 Å². The fourth-order valence-corrected chi connectivity index (χ4v) is 3.32. The monoisotopic (exact) mass is 297 g/mol. The van der Waals surface area contributed by atoms with Gasteiger partial charge in [-0.2, -0.15) is 13.2 Å². The second-order valence-corrected chi connectivity index (χ2v) is 5.79. The van der Waals surface area contributed by atoms with E-state index in [1.807, 2.05) is 6.92 Å². The van der Waals surface area contributed by atoms with Crippen LogP contribution in [0.2, 0.25) is 0 Å². The van der Waals surface area contributed by atoms with E-state index in [9.17, 15) is 18.3 Å². The number of ether oxygens (including phenoxy) is 1. The van der Waals surface area contributed by atoms with E-state index in [2.05, 4.69) is 0 Å². The molecule has 1 heterocycles. The molecule has 0 aromatic rings. The summed E-state index contributed by atoms with van der Waals surface area (Å²) in [7, 11) is 0. The van der Waals surface area contributed by atoms with Crippen LogP contribution >= 0.6 is 0 Å². The Bertz CT molecular complexity index is 327. The van der Waals surface area contributed by atoms with Gasteiger partial charge in [0.05, 0.1) is 12.2 Å². The van der Waals surface area contributed by atoms with Gasteiger partial charge in [-0.1, -0.05) is 0 Å². The number of β-amino-alcohol motifs (C(OH)–C–C–N with tert-alkyl or cyclic N) is 1. The number of halogens is 3. The Morgan fingerprint density at radius 1 is 1.35 bits per heavy atom. The highest BCUT2D eigenvalue weighted by Crippen LogP contribution is 2.50. The number of hydrogen-bond donors (Lipinski definition) is 2. The summed E-state index contributed by atoms with van der Waals surface area (Å²) in [4.78, 5) is 1.61. The van der Waals surface area contributed by atoms with Crippen molar-refractivity contribution in [2.45, 2.75) is 50.7 Å². The van der Waals surface area contributed by atoms with Gasteiger partial charge in [0.25, 0.3) is 0 Å². The first-order valence-electron chi connectivity index (χ1n) is 7.06. The molecule has 3 atom stereocenters. The lowest BCUT2D eigenvalue weighted by Crippen LogP contribution is -2.62. The molecule has 0 aromatic heterocycles. The zero-order chi connectivity index (χ0) is 15.0. The molecule has 3 unspecified atom stereocenters. The number of alkyl halides is 3. The highest BCUT2D eigenvalue weighted by atomic mass is 19.4. The Balaban J connectivity index is 1.86. The van der Waals surface area contributed by atoms with Crippen LogP contribution in [0.3, 0.4) is 0 Å². The van der Waals surface area contributed by atoms with Crippen molar-refractivity contribution in [2.24, 2.45) is 5.41 Å². The molecule has 1 saturated heterocycles. The molecule has 0 aromatic carbocycles. The van der Waals surface area contributed by atoms with Gasteiger partial charge in [-0.3, -0.25) is 0 Å². The van der Waals surface area contributed by atoms with Gasteiger partial charge in [-0.05, 0) is 32.9 Å². The molecule has 4 nitrogen and oxygen atoms in total. The molecule has 20 heavy (non-hydrogen) atoms. The highest BCUT2D eigenvalue weighted by molar-refractivity contribution is 5.06. The highest BCUT2D eigenvalue weighted by Gasteiger charge is 2.56. The third-order valence-corrected chi connectivity index (χ3v) is 4.71.